The van der Waals surface area contributed by atoms with Crippen LogP contribution in [0.1, 0.15) is 0 Å². The highest BCUT2D eigenvalue weighted by molar-refractivity contribution is 5.62. The highest BCUT2D eigenvalue weighted by Gasteiger charge is 2.04. The zero-order valence-corrected chi connectivity index (χ0v) is 9.04. The van der Waals surface area contributed by atoms with Gasteiger partial charge in [0.1, 0.15) is 0 Å². The fourth-order valence-electron chi connectivity index (χ4n) is 1.41. The van der Waals surface area contributed by atoms with Gasteiger partial charge in [-0.15, -0.1) is 40.8 Å². The minimum absolute atomic E-state index is 0.467. The molecule has 8 heteroatoms. The Hall–Kier alpha value is -2.90. The quantitative estimate of drug-likeness (QED) is 0.622. The van der Waals surface area contributed by atoms with E-state index < -0.39 is 0 Å². The molecule has 0 radical (unpaired) electrons. The number of aromatic nitrogens is 8. The van der Waals surface area contributed by atoms with E-state index in [0.717, 1.165) is 11.1 Å². The summed E-state index contributed by atoms with van der Waals surface area (Å²) < 4.78 is 0. The summed E-state index contributed by atoms with van der Waals surface area (Å²) in [5.74, 6) is 0.934. The highest BCUT2D eigenvalue weighted by atomic mass is 15.3. The van der Waals surface area contributed by atoms with Crippen LogP contribution >= 0.6 is 0 Å². The van der Waals surface area contributed by atoms with Crippen molar-refractivity contribution in [2.24, 2.45) is 0 Å². The van der Waals surface area contributed by atoms with Crippen molar-refractivity contribution in [3.63, 3.8) is 0 Å². The first-order valence-electron chi connectivity index (χ1n) is 5.05. The van der Waals surface area contributed by atoms with Crippen molar-refractivity contribution in [2.45, 2.75) is 0 Å². The minimum atomic E-state index is 0.467. The van der Waals surface area contributed by atoms with Gasteiger partial charge in [-0.05, 0) is 0 Å². The normalized spacial score (nSPS) is 10.2. The summed E-state index contributed by atoms with van der Waals surface area (Å²) in [5, 5.41) is 30.2. The second kappa shape index (κ2) is 4.53. The van der Waals surface area contributed by atoms with Crippen LogP contribution in [0.3, 0.4) is 0 Å². The lowest BCUT2D eigenvalue weighted by atomic mass is 10.1. The van der Waals surface area contributed by atoms with Gasteiger partial charge in [-0.3, -0.25) is 0 Å². The van der Waals surface area contributed by atoms with Crippen LogP contribution in [0, 0.1) is 0 Å². The third-order valence-electron chi connectivity index (χ3n) is 2.22. The van der Waals surface area contributed by atoms with Crippen molar-refractivity contribution in [3.05, 3.63) is 36.9 Å². The number of rotatable bonds is 2. The van der Waals surface area contributed by atoms with Gasteiger partial charge in [-0.25, -0.2) is 0 Å². The first-order chi connectivity index (χ1) is 8.93. The molecule has 0 saturated heterocycles. The number of benzene rings is 1. The molecule has 2 heterocycles. The molecule has 0 atom stereocenters. The Morgan fingerprint density at radius 2 is 0.833 bits per heavy atom. The van der Waals surface area contributed by atoms with E-state index in [0.29, 0.717) is 11.6 Å². The molecule has 0 saturated carbocycles. The van der Waals surface area contributed by atoms with Gasteiger partial charge in [0.15, 0.2) is 12.7 Å². The molecule has 0 aliphatic rings. The molecule has 2 aromatic heterocycles. The predicted octanol–water partition coefficient (Wildman–Crippen LogP) is 0.181. The summed E-state index contributed by atoms with van der Waals surface area (Å²) in [4.78, 5) is 0. The van der Waals surface area contributed by atoms with Crippen LogP contribution in [0.25, 0.3) is 22.8 Å². The Labute approximate surface area is 101 Å². The molecular formula is C10H6N8. The SMILES string of the molecule is c1nnc(-c2ccc(-c3nncnn3)cc2)nn1. The van der Waals surface area contributed by atoms with Gasteiger partial charge in [-0.2, -0.15) is 0 Å². The first-order valence-corrected chi connectivity index (χ1v) is 5.05. The van der Waals surface area contributed by atoms with Crippen molar-refractivity contribution in [3.8, 4) is 22.8 Å². The molecule has 0 spiro atoms. The van der Waals surface area contributed by atoms with Gasteiger partial charge in [-0.1, -0.05) is 24.3 Å². The fourth-order valence-corrected chi connectivity index (χ4v) is 1.41. The smallest absolute Gasteiger partial charge is 0.135 e. The molecule has 0 fully saturated rings. The largest absolute Gasteiger partial charge is 0.203 e. The van der Waals surface area contributed by atoms with Gasteiger partial charge in [0.2, 0.25) is 11.6 Å². The van der Waals surface area contributed by atoms with Crippen LogP contribution in [0.4, 0.5) is 0 Å². The Morgan fingerprint density at radius 1 is 0.500 bits per heavy atom. The van der Waals surface area contributed by atoms with E-state index in [2.05, 4.69) is 40.8 Å². The standard InChI is InChI=1S/C10H6N8/c1-2-8(10-17-13-6-14-18-10)4-3-7(1)9-15-11-5-12-16-9/h1-6H. The molecule has 0 aliphatic heterocycles. The monoisotopic (exact) mass is 238 g/mol. The topological polar surface area (TPSA) is 103 Å². The lowest BCUT2D eigenvalue weighted by Crippen LogP contribution is -1.95. The lowest BCUT2D eigenvalue weighted by molar-refractivity contribution is 0.862. The van der Waals surface area contributed by atoms with Gasteiger partial charge >= 0.3 is 0 Å². The molecule has 1 aromatic carbocycles. The molecule has 3 aromatic rings. The van der Waals surface area contributed by atoms with Crippen molar-refractivity contribution < 1.29 is 0 Å². The summed E-state index contributed by atoms with van der Waals surface area (Å²) in [6.07, 6.45) is 2.57. The van der Waals surface area contributed by atoms with E-state index in [1.165, 1.54) is 12.7 Å². The van der Waals surface area contributed by atoms with Crippen LogP contribution in [-0.4, -0.2) is 40.8 Å². The van der Waals surface area contributed by atoms with E-state index >= 15 is 0 Å². The minimum Gasteiger partial charge on any atom is -0.135 e. The van der Waals surface area contributed by atoms with Crippen molar-refractivity contribution in [1.29, 1.82) is 0 Å². The number of nitrogens with zero attached hydrogens (tertiary/aromatic N) is 8. The Balaban J connectivity index is 1.95. The van der Waals surface area contributed by atoms with Crippen LogP contribution in [0.2, 0.25) is 0 Å². The second-order valence-electron chi connectivity index (χ2n) is 3.32. The first kappa shape index (κ1) is 10.3. The highest BCUT2D eigenvalue weighted by Crippen LogP contribution is 2.18. The van der Waals surface area contributed by atoms with Crippen LogP contribution in [-0.2, 0) is 0 Å². The van der Waals surface area contributed by atoms with Gasteiger partial charge in [0.05, 0.1) is 0 Å². The maximum Gasteiger partial charge on any atom is 0.203 e. The zero-order valence-electron chi connectivity index (χ0n) is 9.04. The summed E-state index contributed by atoms with van der Waals surface area (Å²) in [6.45, 7) is 0. The number of hydrogen-bond donors (Lipinski definition) is 0. The predicted molar refractivity (Wildman–Crippen MR) is 59.7 cm³/mol. The Morgan fingerprint density at radius 3 is 1.17 bits per heavy atom. The lowest BCUT2D eigenvalue weighted by Gasteiger charge is -1.99. The maximum absolute atomic E-state index is 3.87. The van der Waals surface area contributed by atoms with Crippen molar-refractivity contribution in [1.82, 2.24) is 40.8 Å². The Bertz CT molecular complexity index is 567. The van der Waals surface area contributed by atoms with E-state index in [4.69, 9.17) is 0 Å². The molecule has 0 bridgehead atoms. The van der Waals surface area contributed by atoms with Crippen LogP contribution in [0.15, 0.2) is 36.9 Å². The van der Waals surface area contributed by atoms with E-state index in [9.17, 15) is 0 Å². The third kappa shape index (κ3) is 1.98. The fraction of sp³-hybridized carbons (Fsp3) is 0. The van der Waals surface area contributed by atoms with Crippen LogP contribution in [0.5, 0.6) is 0 Å². The molecule has 18 heavy (non-hydrogen) atoms. The molecular weight excluding hydrogens is 232 g/mol. The summed E-state index contributed by atoms with van der Waals surface area (Å²) in [5.41, 5.74) is 1.63. The van der Waals surface area contributed by atoms with Crippen molar-refractivity contribution in [2.75, 3.05) is 0 Å². The summed E-state index contributed by atoms with van der Waals surface area (Å²) >= 11 is 0. The van der Waals surface area contributed by atoms with E-state index in [1.54, 1.807) is 0 Å². The second-order valence-corrected chi connectivity index (χ2v) is 3.32. The zero-order chi connectivity index (χ0) is 12.2. The third-order valence-corrected chi connectivity index (χ3v) is 2.22. The maximum atomic E-state index is 3.87. The van der Waals surface area contributed by atoms with E-state index in [-0.39, 0.29) is 0 Å². The van der Waals surface area contributed by atoms with E-state index in [1.807, 2.05) is 24.3 Å². The van der Waals surface area contributed by atoms with Crippen molar-refractivity contribution >= 4 is 0 Å². The molecule has 0 amide bonds. The van der Waals surface area contributed by atoms with Crippen LogP contribution < -0.4 is 0 Å². The average molecular weight is 238 g/mol. The van der Waals surface area contributed by atoms with Gasteiger partial charge in [0.25, 0.3) is 0 Å². The molecule has 8 nitrogen and oxygen atoms in total. The van der Waals surface area contributed by atoms with Gasteiger partial charge < -0.3 is 0 Å². The molecule has 0 aliphatic carbocycles. The molecule has 0 unspecified atom stereocenters. The summed E-state index contributed by atoms with van der Waals surface area (Å²) in [6, 6.07) is 7.35. The average Bonchev–Trinajstić information content (AvgIpc) is 2.49. The number of hydrogen-bond acceptors (Lipinski definition) is 8. The molecule has 3 rings (SSSR count). The van der Waals surface area contributed by atoms with Gasteiger partial charge in [0, 0.05) is 11.1 Å². The molecule has 0 N–H and O–H groups in total. The summed E-state index contributed by atoms with van der Waals surface area (Å²) in [7, 11) is 0. The Kier molecular flexibility index (Phi) is 2.59. The molecule has 86 valence electrons.